The van der Waals surface area contributed by atoms with Crippen LogP contribution in [0.2, 0.25) is 0 Å². The van der Waals surface area contributed by atoms with Gasteiger partial charge in [-0.05, 0) is 18.6 Å². The Morgan fingerprint density at radius 2 is 1.59 bits per heavy atom. The SMILES string of the molecule is NC(N)CCC(=O)Oc1ccccc1C(=O)c1ccccc1. The summed E-state index contributed by atoms with van der Waals surface area (Å²) in [6, 6.07) is 15.5. The number of hydrogen-bond acceptors (Lipinski definition) is 5. The van der Waals surface area contributed by atoms with E-state index in [9.17, 15) is 9.59 Å². The molecular formula is C17H18N2O3. The quantitative estimate of drug-likeness (QED) is 0.367. The first-order valence-corrected chi connectivity index (χ1v) is 6.98. The average molecular weight is 298 g/mol. The van der Waals surface area contributed by atoms with Gasteiger partial charge in [0, 0.05) is 12.0 Å². The zero-order chi connectivity index (χ0) is 15.9. The number of rotatable bonds is 6. The molecule has 2 aromatic rings. The van der Waals surface area contributed by atoms with Crippen molar-refractivity contribution in [3.05, 3.63) is 65.7 Å². The summed E-state index contributed by atoms with van der Waals surface area (Å²) in [6.07, 6.45) is -0.132. The summed E-state index contributed by atoms with van der Waals surface area (Å²) < 4.78 is 5.27. The number of ketones is 1. The van der Waals surface area contributed by atoms with E-state index in [2.05, 4.69) is 0 Å². The highest BCUT2D eigenvalue weighted by atomic mass is 16.5. The molecule has 0 saturated carbocycles. The number of esters is 1. The minimum Gasteiger partial charge on any atom is -0.426 e. The fourth-order valence-electron chi connectivity index (χ4n) is 1.95. The number of ether oxygens (including phenoxy) is 1. The minimum absolute atomic E-state index is 0.103. The van der Waals surface area contributed by atoms with Crippen molar-refractivity contribution in [3.63, 3.8) is 0 Å². The number of nitrogens with two attached hydrogens (primary N) is 2. The highest BCUT2D eigenvalue weighted by Gasteiger charge is 2.16. The van der Waals surface area contributed by atoms with Gasteiger partial charge in [-0.25, -0.2) is 0 Å². The lowest BCUT2D eigenvalue weighted by atomic mass is 10.0. The summed E-state index contributed by atoms with van der Waals surface area (Å²) >= 11 is 0. The van der Waals surface area contributed by atoms with Crippen molar-refractivity contribution in [1.29, 1.82) is 0 Å². The van der Waals surface area contributed by atoms with Gasteiger partial charge in [-0.15, -0.1) is 0 Å². The Kier molecular flexibility index (Phi) is 5.41. The number of hydrogen-bond donors (Lipinski definition) is 2. The third-order valence-electron chi connectivity index (χ3n) is 3.07. The normalized spacial score (nSPS) is 10.5. The monoisotopic (exact) mass is 298 g/mol. The summed E-state index contributed by atoms with van der Waals surface area (Å²) in [4.78, 5) is 24.3. The maximum Gasteiger partial charge on any atom is 0.311 e. The highest BCUT2D eigenvalue weighted by molar-refractivity contribution is 6.10. The summed E-state index contributed by atoms with van der Waals surface area (Å²) in [5.41, 5.74) is 11.7. The van der Waals surface area contributed by atoms with Crippen LogP contribution >= 0.6 is 0 Å². The molecule has 4 N–H and O–H groups in total. The van der Waals surface area contributed by atoms with Crippen LogP contribution in [0.3, 0.4) is 0 Å². The summed E-state index contributed by atoms with van der Waals surface area (Å²) in [5, 5.41) is 0. The molecule has 0 atom stereocenters. The van der Waals surface area contributed by atoms with Crippen LogP contribution in [0.1, 0.15) is 28.8 Å². The van der Waals surface area contributed by atoms with Crippen molar-refractivity contribution in [3.8, 4) is 5.75 Å². The van der Waals surface area contributed by atoms with E-state index in [1.807, 2.05) is 6.07 Å². The van der Waals surface area contributed by atoms with E-state index in [-0.39, 0.29) is 18.0 Å². The molecule has 0 amide bonds. The summed E-state index contributed by atoms with van der Waals surface area (Å²) in [5.74, 6) is -0.416. The largest absolute Gasteiger partial charge is 0.426 e. The molecule has 5 nitrogen and oxygen atoms in total. The second-order valence-corrected chi connectivity index (χ2v) is 4.87. The van der Waals surface area contributed by atoms with Crippen LogP contribution in [-0.2, 0) is 4.79 Å². The second kappa shape index (κ2) is 7.49. The molecule has 0 unspecified atom stereocenters. The van der Waals surface area contributed by atoms with Crippen molar-refractivity contribution >= 4 is 11.8 Å². The van der Waals surface area contributed by atoms with Gasteiger partial charge in [0.05, 0.1) is 11.7 Å². The second-order valence-electron chi connectivity index (χ2n) is 4.87. The van der Waals surface area contributed by atoms with E-state index >= 15 is 0 Å². The predicted molar refractivity (Wildman–Crippen MR) is 83.3 cm³/mol. The topological polar surface area (TPSA) is 95.4 Å². The van der Waals surface area contributed by atoms with Crippen LogP contribution < -0.4 is 16.2 Å². The first-order chi connectivity index (χ1) is 10.6. The van der Waals surface area contributed by atoms with Crippen LogP contribution in [0.4, 0.5) is 0 Å². The van der Waals surface area contributed by atoms with Crippen LogP contribution in [0.5, 0.6) is 5.75 Å². The minimum atomic E-state index is -0.561. The van der Waals surface area contributed by atoms with Crippen molar-refractivity contribution < 1.29 is 14.3 Å². The van der Waals surface area contributed by atoms with E-state index in [1.165, 1.54) is 0 Å². The molecule has 0 fully saturated rings. The van der Waals surface area contributed by atoms with Crippen LogP contribution in [0.15, 0.2) is 54.6 Å². The smallest absolute Gasteiger partial charge is 0.311 e. The standard InChI is InChI=1S/C17H18N2O3/c18-15(19)10-11-16(20)22-14-9-5-4-8-13(14)17(21)12-6-2-1-3-7-12/h1-9,15H,10-11,18-19H2. The molecule has 0 spiro atoms. The Bertz CT molecular complexity index is 654. The lowest BCUT2D eigenvalue weighted by molar-refractivity contribution is -0.134. The fourth-order valence-corrected chi connectivity index (χ4v) is 1.95. The molecule has 22 heavy (non-hydrogen) atoms. The Morgan fingerprint density at radius 1 is 0.955 bits per heavy atom. The third kappa shape index (κ3) is 4.25. The molecule has 0 radical (unpaired) electrons. The van der Waals surface area contributed by atoms with Crippen molar-refractivity contribution in [1.82, 2.24) is 0 Å². The van der Waals surface area contributed by atoms with Gasteiger partial charge in [-0.2, -0.15) is 0 Å². The van der Waals surface area contributed by atoms with Gasteiger partial charge in [-0.3, -0.25) is 9.59 Å². The maximum atomic E-state index is 12.5. The molecule has 0 bridgehead atoms. The number of carbonyl (C=O) groups is 2. The first-order valence-electron chi connectivity index (χ1n) is 6.98. The molecule has 0 aliphatic carbocycles. The zero-order valence-corrected chi connectivity index (χ0v) is 12.1. The highest BCUT2D eigenvalue weighted by Crippen LogP contribution is 2.22. The van der Waals surface area contributed by atoms with Crippen LogP contribution in [0, 0.1) is 0 Å². The lowest BCUT2D eigenvalue weighted by Crippen LogP contribution is -2.31. The van der Waals surface area contributed by atoms with Gasteiger partial charge in [-0.1, -0.05) is 42.5 Å². The van der Waals surface area contributed by atoms with Crippen LogP contribution in [-0.4, -0.2) is 17.9 Å². The Balaban J connectivity index is 2.17. The van der Waals surface area contributed by atoms with E-state index < -0.39 is 12.1 Å². The molecule has 2 aromatic carbocycles. The van der Waals surface area contributed by atoms with Gasteiger partial charge in [0.1, 0.15) is 5.75 Å². The zero-order valence-electron chi connectivity index (χ0n) is 12.1. The Morgan fingerprint density at radius 3 is 2.27 bits per heavy atom. The molecule has 5 heteroatoms. The molecule has 0 aromatic heterocycles. The third-order valence-corrected chi connectivity index (χ3v) is 3.07. The molecule has 0 aliphatic heterocycles. The molecule has 0 saturated heterocycles. The number of para-hydroxylation sites is 1. The Hall–Kier alpha value is -2.50. The summed E-state index contributed by atoms with van der Waals surface area (Å²) in [6.45, 7) is 0. The molecule has 114 valence electrons. The molecule has 2 rings (SSSR count). The van der Waals surface area contributed by atoms with Gasteiger partial charge in [0.25, 0.3) is 0 Å². The van der Waals surface area contributed by atoms with E-state index in [0.29, 0.717) is 17.5 Å². The first kappa shape index (κ1) is 15.9. The van der Waals surface area contributed by atoms with E-state index in [1.54, 1.807) is 48.5 Å². The van der Waals surface area contributed by atoms with E-state index in [0.717, 1.165) is 0 Å². The van der Waals surface area contributed by atoms with Gasteiger partial charge < -0.3 is 16.2 Å². The number of benzene rings is 2. The maximum absolute atomic E-state index is 12.5. The fraction of sp³-hybridized carbons (Fsp3) is 0.176. The lowest BCUT2D eigenvalue weighted by Gasteiger charge is -2.10. The molecular weight excluding hydrogens is 280 g/mol. The van der Waals surface area contributed by atoms with Gasteiger partial charge in [0.2, 0.25) is 0 Å². The molecule has 0 heterocycles. The predicted octanol–water partition coefficient (Wildman–Crippen LogP) is 1.85. The average Bonchev–Trinajstić information content (AvgIpc) is 2.53. The van der Waals surface area contributed by atoms with Crippen molar-refractivity contribution in [2.24, 2.45) is 11.5 Å². The van der Waals surface area contributed by atoms with Crippen molar-refractivity contribution in [2.45, 2.75) is 19.0 Å². The number of carbonyl (C=O) groups excluding carboxylic acids is 2. The van der Waals surface area contributed by atoms with E-state index in [4.69, 9.17) is 16.2 Å². The van der Waals surface area contributed by atoms with Gasteiger partial charge in [0.15, 0.2) is 5.78 Å². The molecule has 0 aliphatic rings. The summed E-state index contributed by atoms with van der Waals surface area (Å²) in [7, 11) is 0. The van der Waals surface area contributed by atoms with Gasteiger partial charge >= 0.3 is 5.97 Å². The Labute approximate surface area is 128 Å². The van der Waals surface area contributed by atoms with Crippen molar-refractivity contribution in [2.75, 3.05) is 0 Å². The van der Waals surface area contributed by atoms with Crippen LogP contribution in [0.25, 0.3) is 0 Å².